The van der Waals surface area contributed by atoms with Crippen molar-refractivity contribution in [3.63, 3.8) is 0 Å². The average molecular weight is 155 g/mol. The summed E-state index contributed by atoms with van der Waals surface area (Å²) in [7, 11) is 7.12. The normalized spacial score (nSPS) is 5.78. The molecule has 0 unspecified atom stereocenters. The van der Waals surface area contributed by atoms with E-state index in [1.54, 1.807) is 14.1 Å². The zero-order valence-corrected chi connectivity index (χ0v) is 7.16. The monoisotopic (exact) mass is 154 g/mol. The van der Waals surface area contributed by atoms with Crippen LogP contribution in [-0.4, -0.2) is 39.5 Å². The van der Waals surface area contributed by atoms with E-state index >= 15 is 0 Å². The molecule has 58 valence electrons. The molecule has 0 aliphatic heterocycles. The second-order valence-corrected chi connectivity index (χ2v) is 1.57. The van der Waals surface area contributed by atoms with E-state index in [2.05, 4.69) is 5.32 Å². The van der Waals surface area contributed by atoms with Crippen molar-refractivity contribution >= 4 is 18.8 Å². The van der Waals surface area contributed by atoms with E-state index in [1.807, 2.05) is 14.1 Å². The molecule has 4 heteroatoms. The minimum Gasteiger partial charge on any atom is -0.351 e. The largest absolute Gasteiger partial charge is 0.351 e. The number of amides is 1. The van der Waals surface area contributed by atoms with Gasteiger partial charge in [-0.15, -0.1) is 12.4 Å². The fourth-order valence-electron chi connectivity index (χ4n) is 0. The molecule has 0 aliphatic carbocycles. The summed E-state index contributed by atoms with van der Waals surface area (Å²) in [5.41, 5.74) is 0. The Morgan fingerprint density at radius 1 is 1.33 bits per heavy atom. The summed E-state index contributed by atoms with van der Waals surface area (Å²) in [4.78, 5) is 10.9. The van der Waals surface area contributed by atoms with Gasteiger partial charge in [-0.2, -0.15) is 0 Å². The molecule has 0 aromatic rings. The molecule has 1 amide bonds. The fraction of sp³-hybridized carbons (Fsp3) is 0.800. The number of carbonyl (C=O) groups excluding carboxylic acids is 1. The summed E-state index contributed by atoms with van der Waals surface area (Å²) >= 11 is 0. The molecule has 0 aromatic heterocycles. The highest BCUT2D eigenvalue weighted by atomic mass is 35.5. The summed E-state index contributed by atoms with van der Waals surface area (Å²) in [6.07, 6.45) is 0.750. The van der Waals surface area contributed by atoms with Crippen molar-refractivity contribution in [1.82, 2.24) is 10.2 Å². The smallest absolute Gasteiger partial charge is 0.209 e. The Kier molecular flexibility index (Phi) is 27.6. The van der Waals surface area contributed by atoms with E-state index in [-0.39, 0.29) is 12.4 Å². The molecule has 0 atom stereocenters. The molecule has 1 N–H and O–H groups in total. The van der Waals surface area contributed by atoms with Gasteiger partial charge >= 0.3 is 0 Å². The number of nitrogens with zero attached hydrogens (tertiary/aromatic N) is 1. The lowest BCUT2D eigenvalue weighted by Crippen LogP contribution is -2.06. The first-order valence-electron chi connectivity index (χ1n) is 2.39. The van der Waals surface area contributed by atoms with Gasteiger partial charge in [-0.25, -0.2) is 0 Å². The van der Waals surface area contributed by atoms with Gasteiger partial charge in [0.2, 0.25) is 6.41 Å². The van der Waals surface area contributed by atoms with Crippen molar-refractivity contribution in [1.29, 1.82) is 0 Å². The van der Waals surface area contributed by atoms with Crippen molar-refractivity contribution in [2.75, 3.05) is 28.2 Å². The Morgan fingerprint density at radius 3 is 1.44 bits per heavy atom. The predicted octanol–water partition coefficient (Wildman–Crippen LogP) is -0.0382. The van der Waals surface area contributed by atoms with Gasteiger partial charge in [-0.05, 0) is 14.1 Å². The Morgan fingerprint density at radius 2 is 1.44 bits per heavy atom. The minimum atomic E-state index is 0. The topological polar surface area (TPSA) is 32.3 Å². The zero-order valence-electron chi connectivity index (χ0n) is 6.34. The molecule has 0 heterocycles. The lowest BCUT2D eigenvalue weighted by Gasteiger charge is -1.93. The molecule has 9 heavy (non-hydrogen) atoms. The van der Waals surface area contributed by atoms with Gasteiger partial charge in [0.05, 0.1) is 0 Å². The number of nitrogens with one attached hydrogen (secondary N) is 1. The van der Waals surface area contributed by atoms with Gasteiger partial charge in [0, 0.05) is 14.1 Å². The van der Waals surface area contributed by atoms with Crippen molar-refractivity contribution in [2.45, 2.75) is 0 Å². The number of rotatable bonds is 1. The van der Waals surface area contributed by atoms with Gasteiger partial charge in [0.15, 0.2) is 0 Å². The third-order valence-electron chi connectivity index (χ3n) is 0.211. The van der Waals surface area contributed by atoms with Crippen LogP contribution in [0.1, 0.15) is 0 Å². The first-order chi connectivity index (χ1) is 3.68. The number of carbonyl (C=O) groups is 1. The van der Waals surface area contributed by atoms with E-state index < -0.39 is 0 Å². The third kappa shape index (κ3) is 85.4. The SMILES string of the molecule is CN(C)C=O.CNC.Cl. The fourth-order valence-corrected chi connectivity index (χ4v) is 0. The van der Waals surface area contributed by atoms with Gasteiger partial charge in [-0.1, -0.05) is 0 Å². The Balaban J connectivity index is -0.0000000800. The second kappa shape index (κ2) is 15.6. The highest BCUT2D eigenvalue weighted by molar-refractivity contribution is 5.85. The van der Waals surface area contributed by atoms with Crippen LogP contribution in [0.5, 0.6) is 0 Å². The van der Waals surface area contributed by atoms with E-state index in [0.29, 0.717) is 0 Å². The van der Waals surface area contributed by atoms with Crippen LogP contribution < -0.4 is 5.32 Å². The molecular weight excluding hydrogens is 140 g/mol. The lowest BCUT2D eigenvalue weighted by molar-refractivity contribution is -0.115. The van der Waals surface area contributed by atoms with Crippen LogP contribution in [0, 0.1) is 0 Å². The van der Waals surface area contributed by atoms with Gasteiger partial charge in [-0.3, -0.25) is 4.79 Å². The molecule has 0 bridgehead atoms. The molecule has 0 saturated heterocycles. The zero-order chi connectivity index (χ0) is 6.99. The molecule has 0 spiro atoms. The minimum absolute atomic E-state index is 0. The Labute approximate surface area is 62.8 Å². The van der Waals surface area contributed by atoms with E-state index in [4.69, 9.17) is 0 Å². The molecule has 0 aromatic carbocycles. The van der Waals surface area contributed by atoms with Crippen LogP contribution in [-0.2, 0) is 4.79 Å². The average Bonchev–Trinajstić information content (AvgIpc) is 1.69. The van der Waals surface area contributed by atoms with Gasteiger partial charge in [0.1, 0.15) is 0 Å². The van der Waals surface area contributed by atoms with Gasteiger partial charge in [0.25, 0.3) is 0 Å². The molecule has 0 fully saturated rings. The summed E-state index contributed by atoms with van der Waals surface area (Å²) < 4.78 is 0. The van der Waals surface area contributed by atoms with E-state index in [0.717, 1.165) is 6.41 Å². The molecular formula is C5H15ClN2O. The summed E-state index contributed by atoms with van der Waals surface area (Å²) in [5, 5.41) is 2.75. The van der Waals surface area contributed by atoms with E-state index in [1.165, 1.54) is 4.90 Å². The lowest BCUT2D eigenvalue weighted by atomic mass is 11.0. The van der Waals surface area contributed by atoms with Crippen molar-refractivity contribution in [2.24, 2.45) is 0 Å². The van der Waals surface area contributed by atoms with Crippen LogP contribution in [0.4, 0.5) is 0 Å². The summed E-state index contributed by atoms with van der Waals surface area (Å²) in [6, 6.07) is 0. The quantitative estimate of drug-likeness (QED) is 0.538. The van der Waals surface area contributed by atoms with Crippen molar-refractivity contribution < 1.29 is 4.79 Å². The van der Waals surface area contributed by atoms with Gasteiger partial charge < -0.3 is 10.2 Å². The molecule has 0 saturated carbocycles. The van der Waals surface area contributed by atoms with Crippen LogP contribution in [0.2, 0.25) is 0 Å². The maximum absolute atomic E-state index is 9.43. The summed E-state index contributed by atoms with van der Waals surface area (Å²) in [5.74, 6) is 0. The number of halogens is 1. The first-order valence-corrected chi connectivity index (χ1v) is 2.39. The van der Waals surface area contributed by atoms with E-state index in [9.17, 15) is 4.79 Å². The number of hydrogen-bond acceptors (Lipinski definition) is 2. The molecule has 0 radical (unpaired) electrons. The third-order valence-corrected chi connectivity index (χ3v) is 0.211. The summed E-state index contributed by atoms with van der Waals surface area (Å²) in [6.45, 7) is 0. The van der Waals surface area contributed by atoms with Crippen LogP contribution in [0.3, 0.4) is 0 Å². The van der Waals surface area contributed by atoms with Crippen molar-refractivity contribution in [3.05, 3.63) is 0 Å². The number of hydrogen-bond donors (Lipinski definition) is 1. The van der Waals surface area contributed by atoms with Crippen LogP contribution >= 0.6 is 12.4 Å². The molecule has 3 nitrogen and oxygen atoms in total. The molecule has 0 rings (SSSR count). The van der Waals surface area contributed by atoms with Crippen molar-refractivity contribution in [3.8, 4) is 0 Å². The highest BCUT2D eigenvalue weighted by Crippen LogP contribution is 1.52. The first kappa shape index (κ1) is 15.9. The second-order valence-electron chi connectivity index (χ2n) is 1.57. The van der Waals surface area contributed by atoms with Crippen LogP contribution in [0.15, 0.2) is 0 Å². The Bertz CT molecular complexity index is 50.2. The Hall–Kier alpha value is -0.280. The maximum Gasteiger partial charge on any atom is 0.209 e. The maximum atomic E-state index is 9.43. The highest BCUT2D eigenvalue weighted by Gasteiger charge is 1.68. The standard InChI is InChI=1S/C3H7NO.C2H7N.ClH/c1-4(2)3-5;1-3-2;/h3H,1-2H3;3H,1-2H3;1H. The predicted molar refractivity (Wildman–Crippen MR) is 42.0 cm³/mol. The molecule has 0 aliphatic rings. The van der Waals surface area contributed by atoms with Crippen LogP contribution in [0.25, 0.3) is 0 Å².